The van der Waals surface area contributed by atoms with E-state index >= 15 is 0 Å². The summed E-state index contributed by atoms with van der Waals surface area (Å²) in [5.74, 6) is -0.645. The highest BCUT2D eigenvalue weighted by Gasteiger charge is 2.64. The number of hydrogen-bond donors (Lipinski definition) is 0. The summed E-state index contributed by atoms with van der Waals surface area (Å²) in [6, 6.07) is 14.6. The number of halogens is 3. The fraction of sp³-hybridized carbons (Fsp3) is 0.444. The average Bonchev–Trinajstić information content (AvgIpc) is 2.77. The first-order chi connectivity index (χ1) is 16.3. The van der Waals surface area contributed by atoms with Crippen LogP contribution in [0, 0.1) is 0 Å². The number of esters is 1. The number of hydrogen-bond acceptors (Lipinski definition) is 4. The second-order valence-corrected chi connectivity index (χ2v) is 14.6. The van der Waals surface area contributed by atoms with Crippen LogP contribution in [0.4, 0.5) is 13.2 Å². The van der Waals surface area contributed by atoms with Crippen molar-refractivity contribution in [2.24, 2.45) is 0 Å². The number of benzene rings is 2. The van der Waals surface area contributed by atoms with E-state index in [4.69, 9.17) is 13.9 Å². The molecule has 1 atom stereocenters. The van der Waals surface area contributed by atoms with Crippen LogP contribution in [-0.4, -0.2) is 34.2 Å². The topological polar surface area (TPSA) is 44.8 Å². The molecule has 192 valence electrons. The van der Waals surface area contributed by atoms with Gasteiger partial charge in [0.2, 0.25) is 8.32 Å². The monoisotopic (exact) mass is 508 g/mol. The lowest BCUT2D eigenvalue weighted by molar-refractivity contribution is -0.275. The highest BCUT2D eigenvalue weighted by Crippen LogP contribution is 2.43. The lowest BCUT2D eigenvalue weighted by Gasteiger charge is -2.37. The zero-order valence-electron chi connectivity index (χ0n) is 21.2. The largest absolute Gasteiger partial charge is 0.543 e. The molecule has 0 spiro atoms. The number of carbonyl (C=O) groups is 1. The number of carbonyl (C=O) groups excluding carboxylic acids is 1. The van der Waals surface area contributed by atoms with Crippen molar-refractivity contribution in [2.45, 2.75) is 63.5 Å². The third kappa shape index (κ3) is 6.76. The van der Waals surface area contributed by atoms with Crippen LogP contribution in [0.1, 0.15) is 38.3 Å². The van der Waals surface area contributed by atoms with Crippen LogP contribution in [0.25, 0.3) is 0 Å². The van der Waals surface area contributed by atoms with Gasteiger partial charge in [-0.05, 0) is 42.6 Å². The van der Waals surface area contributed by atoms with Gasteiger partial charge in [0.15, 0.2) is 0 Å². The lowest BCUT2D eigenvalue weighted by atomic mass is 9.93. The molecule has 0 saturated heterocycles. The van der Waals surface area contributed by atoms with E-state index in [1.807, 2.05) is 24.3 Å². The second kappa shape index (κ2) is 11.4. The molecule has 0 aliphatic heterocycles. The Morgan fingerprint density at radius 3 is 2.11 bits per heavy atom. The van der Waals surface area contributed by atoms with E-state index in [0.717, 1.165) is 18.4 Å². The molecule has 0 unspecified atom stereocenters. The Bertz CT molecular complexity index is 997. The SMILES string of the molecule is CO[C@@](C(=O)OC/C=C/CCc1ccccc1O[Si](C)(C)C(C)(C)C)(c1ccccc1)C(F)(F)F. The summed E-state index contributed by atoms with van der Waals surface area (Å²) in [5.41, 5.74) is -2.46. The molecule has 2 aromatic carbocycles. The molecule has 2 aromatic rings. The summed E-state index contributed by atoms with van der Waals surface area (Å²) in [6.07, 6.45) is -0.373. The standard InChI is InChI=1S/C27H35F3O4Si/c1-25(2,3)35(5,6)34-23-19-13-12-16-21(23)15-9-8-14-20-33-24(31)26(32-4,27(28,29)30)22-17-10-7-11-18-22/h7-8,10-14,16-19H,9,15,20H2,1-6H3/b14-8+/t26-/m1/s1. The molecule has 2 rings (SSSR count). The predicted molar refractivity (Wildman–Crippen MR) is 134 cm³/mol. The summed E-state index contributed by atoms with van der Waals surface area (Å²) in [6.45, 7) is 10.6. The minimum atomic E-state index is -4.99. The molecule has 0 N–H and O–H groups in total. The summed E-state index contributed by atoms with van der Waals surface area (Å²) in [4.78, 5) is 12.5. The molecular formula is C27H35F3O4Si. The normalized spacial score (nSPS) is 14.5. The van der Waals surface area contributed by atoms with Crippen LogP contribution >= 0.6 is 0 Å². The van der Waals surface area contributed by atoms with E-state index in [-0.39, 0.29) is 17.2 Å². The van der Waals surface area contributed by atoms with Gasteiger partial charge in [0.1, 0.15) is 12.4 Å². The fourth-order valence-corrected chi connectivity index (χ4v) is 4.33. The van der Waals surface area contributed by atoms with E-state index < -0.39 is 26.1 Å². The number of para-hydroxylation sites is 1. The number of rotatable bonds is 10. The maximum Gasteiger partial charge on any atom is 0.432 e. The van der Waals surface area contributed by atoms with Gasteiger partial charge in [-0.1, -0.05) is 81.5 Å². The van der Waals surface area contributed by atoms with Crippen molar-refractivity contribution < 1.29 is 31.9 Å². The first-order valence-electron chi connectivity index (χ1n) is 11.5. The van der Waals surface area contributed by atoms with Crippen LogP contribution in [0.15, 0.2) is 66.7 Å². The molecule has 0 amide bonds. The van der Waals surface area contributed by atoms with Crippen molar-refractivity contribution in [3.8, 4) is 5.75 Å². The first kappa shape index (κ1) is 28.7. The highest BCUT2D eigenvalue weighted by molar-refractivity contribution is 6.74. The molecular weight excluding hydrogens is 473 g/mol. The molecule has 35 heavy (non-hydrogen) atoms. The third-order valence-corrected chi connectivity index (χ3v) is 10.7. The lowest BCUT2D eigenvalue weighted by Crippen LogP contribution is -2.51. The molecule has 0 aliphatic rings. The highest BCUT2D eigenvalue weighted by atomic mass is 28.4. The van der Waals surface area contributed by atoms with E-state index in [0.29, 0.717) is 12.8 Å². The summed E-state index contributed by atoms with van der Waals surface area (Å²) in [5, 5.41) is 0.0669. The maximum absolute atomic E-state index is 13.9. The van der Waals surface area contributed by atoms with E-state index in [1.54, 1.807) is 12.1 Å². The smallest absolute Gasteiger partial charge is 0.432 e. The summed E-state index contributed by atoms with van der Waals surface area (Å²) >= 11 is 0. The molecule has 4 nitrogen and oxygen atoms in total. The van der Waals surface area contributed by atoms with Crippen LogP contribution in [-0.2, 0) is 26.3 Å². The Labute approximate surface area is 207 Å². The van der Waals surface area contributed by atoms with Gasteiger partial charge in [-0.2, -0.15) is 13.2 Å². The van der Waals surface area contributed by atoms with Crippen molar-refractivity contribution in [2.75, 3.05) is 13.7 Å². The zero-order valence-corrected chi connectivity index (χ0v) is 22.2. The first-order valence-corrected chi connectivity index (χ1v) is 14.4. The Hall–Kier alpha value is -2.58. The number of aryl methyl sites for hydroxylation is 1. The van der Waals surface area contributed by atoms with Gasteiger partial charge < -0.3 is 13.9 Å². The van der Waals surface area contributed by atoms with Gasteiger partial charge in [-0.25, -0.2) is 4.79 Å². The minimum Gasteiger partial charge on any atom is -0.543 e. The molecule has 8 heteroatoms. The number of allylic oxidation sites excluding steroid dienone is 1. The van der Waals surface area contributed by atoms with Gasteiger partial charge in [-0.3, -0.25) is 0 Å². The van der Waals surface area contributed by atoms with Crippen LogP contribution < -0.4 is 4.43 Å². The average molecular weight is 509 g/mol. The number of alkyl halides is 3. The van der Waals surface area contributed by atoms with Gasteiger partial charge in [0.25, 0.3) is 5.60 Å². The van der Waals surface area contributed by atoms with Crippen molar-refractivity contribution in [1.82, 2.24) is 0 Å². The van der Waals surface area contributed by atoms with Gasteiger partial charge >= 0.3 is 12.1 Å². The van der Waals surface area contributed by atoms with Gasteiger partial charge in [0, 0.05) is 12.7 Å². The molecule has 0 aromatic heterocycles. The third-order valence-electron chi connectivity index (χ3n) is 6.37. The maximum atomic E-state index is 13.9. The van der Waals surface area contributed by atoms with Crippen molar-refractivity contribution in [1.29, 1.82) is 0 Å². The molecule has 0 fully saturated rings. The second-order valence-electron chi connectivity index (χ2n) is 9.83. The van der Waals surface area contributed by atoms with Crippen molar-refractivity contribution in [3.05, 3.63) is 77.9 Å². The van der Waals surface area contributed by atoms with E-state index in [9.17, 15) is 18.0 Å². The Morgan fingerprint density at radius 1 is 0.943 bits per heavy atom. The number of ether oxygens (including phenoxy) is 2. The Balaban J connectivity index is 2.01. The van der Waals surface area contributed by atoms with Gasteiger partial charge in [0.05, 0.1) is 0 Å². The molecule has 0 radical (unpaired) electrons. The predicted octanol–water partition coefficient (Wildman–Crippen LogP) is 7.21. The van der Waals surface area contributed by atoms with E-state index in [2.05, 4.69) is 33.9 Å². The zero-order chi connectivity index (χ0) is 26.3. The van der Waals surface area contributed by atoms with Crippen LogP contribution in [0.3, 0.4) is 0 Å². The molecule has 0 aliphatic carbocycles. The molecule has 0 saturated carbocycles. The summed E-state index contributed by atoms with van der Waals surface area (Å²) in [7, 11) is -1.15. The molecule has 0 heterocycles. The van der Waals surface area contributed by atoms with E-state index in [1.165, 1.54) is 30.3 Å². The quantitative estimate of drug-likeness (QED) is 0.193. The van der Waals surface area contributed by atoms with Gasteiger partial charge in [-0.15, -0.1) is 0 Å². The number of methoxy groups -OCH3 is 1. The Morgan fingerprint density at radius 2 is 1.54 bits per heavy atom. The van der Waals surface area contributed by atoms with Crippen LogP contribution in [0.5, 0.6) is 5.75 Å². The van der Waals surface area contributed by atoms with Crippen molar-refractivity contribution >= 4 is 14.3 Å². The van der Waals surface area contributed by atoms with Crippen molar-refractivity contribution in [3.63, 3.8) is 0 Å². The van der Waals surface area contributed by atoms with Crippen LogP contribution in [0.2, 0.25) is 18.1 Å². The summed E-state index contributed by atoms with van der Waals surface area (Å²) < 4.78 is 57.9. The fourth-order valence-electron chi connectivity index (χ4n) is 3.28. The Kier molecular flexibility index (Phi) is 9.36. The minimum absolute atomic E-state index is 0.0669. The molecule has 0 bridgehead atoms.